The number of aliphatic hydroxyl groups is 2. The minimum absolute atomic E-state index is 0.0459. The first-order chi connectivity index (χ1) is 25.8. The molecule has 10 heteroatoms. The van der Waals surface area contributed by atoms with E-state index in [9.17, 15) is 24.5 Å². The number of nitrogens with two attached hydrogens (primary N) is 1. The summed E-state index contributed by atoms with van der Waals surface area (Å²) in [5.41, 5.74) is 5.36. The summed E-state index contributed by atoms with van der Waals surface area (Å²) in [6.07, 6.45) is 41.2. The van der Waals surface area contributed by atoms with Crippen molar-refractivity contribution in [2.75, 3.05) is 19.8 Å². The molecule has 0 radical (unpaired) electrons. The van der Waals surface area contributed by atoms with Gasteiger partial charge in [0.2, 0.25) is 5.91 Å². The number of phosphoric ester groups is 1. The van der Waals surface area contributed by atoms with E-state index in [0.29, 0.717) is 12.8 Å². The number of hydrogen-bond acceptors (Lipinski definition) is 7. The Bertz CT molecular complexity index is 904. The first-order valence-corrected chi connectivity index (χ1v) is 23.5. The Balaban J connectivity index is 4.29. The Morgan fingerprint density at radius 2 is 1.08 bits per heavy atom. The van der Waals surface area contributed by atoms with Crippen LogP contribution in [0.5, 0.6) is 0 Å². The topological polar surface area (TPSA) is 151 Å². The largest absolute Gasteiger partial charge is 0.472 e. The highest BCUT2D eigenvalue weighted by atomic mass is 31.2. The van der Waals surface area contributed by atoms with Gasteiger partial charge in [0.05, 0.1) is 37.9 Å². The Kier molecular flexibility index (Phi) is 38.4. The number of hydrogen-bond donors (Lipinski definition) is 5. The summed E-state index contributed by atoms with van der Waals surface area (Å²) < 4.78 is 22.0. The van der Waals surface area contributed by atoms with E-state index in [1.807, 2.05) is 6.08 Å². The van der Waals surface area contributed by atoms with Crippen LogP contribution in [0.15, 0.2) is 24.3 Å². The molecule has 0 saturated heterocycles. The minimum Gasteiger partial charge on any atom is -0.393 e. The molecular formula is C43H85N2O7P. The molecular weight excluding hydrogens is 687 g/mol. The highest BCUT2D eigenvalue weighted by molar-refractivity contribution is 7.47. The quantitative estimate of drug-likeness (QED) is 0.0234. The standard InChI is InChI=1S/C43H85N2O7P/c1-3-5-7-9-11-13-15-17-18-19-20-21-23-24-26-28-30-32-34-40(46)38-43(48)45-41(39-52-53(49,50)51-37-36-44)42(47)35-33-31-29-27-25-22-16-14-12-10-8-6-4-2/h25,27,33,35,40-42,46-47H,3-24,26,28-32,34,36-39,44H2,1-2H3,(H,45,48)(H,49,50)/b27-25+,35-33+. The van der Waals surface area contributed by atoms with Crippen LogP contribution in [-0.2, 0) is 18.4 Å². The number of nitrogens with one attached hydrogen (secondary N) is 1. The van der Waals surface area contributed by atoms with Crippen LogP contribution in [0, 0.1) is 0 Å². The van der Waals surface area contributed by atoms with Crippen LogP contribution in [-0.4, -0.2) is 59.0 Å². The third-order valence-electron chi connectivity index (χ3n) is 9.83. The maximum absolute atomic E-state index is 12.8. The van der Waals surface area contributed by atoms with E-state index >= 15 is 0 Å². The molecule has 0 heterocycles. The van der Waals surface area contributed by atoms with Crippen molar-refractivity contribution in [1.29, 1.82) is 0 Å². The zero-order valence-corrected chi connectivity index (χ0v) is 35.3. The minimum atomic E-state index is -4.40. The van der Waals surface area contributed by atoms with Crippen LogP contribution in [0.25, 0.3) is 0 Å². The number of carbonyl (C=O) groups excluding carboxylic acids is 1. The number of phosphoric acid groups is 1. The van der Waals surface area contributed by atoms with Crippen LogP contribution >= 0.6 is 7.82 Å². The molecule has 0 aliphatic heterocycles. The van der Waals surface area contributed by atoms with Crippen molar-refractivity contribution in [3.05, 3.63) is 24.3 Å². The molecule has 0 saturated carbocycles. The lowest BCUT2D eigenvalue weighted by molar-refractivity contribution is -0.124. The maximum Gasteiger partial charge on any atom is 0.472 e. The third kappa shape index (κ3) is 37.6. The number of allylic oxidation sites excluding steroid dienone is 3. The lowest BCUT2D eigenvalue weighted by Crippen LogP contribution is -2.46. The van der Waals surface area contributed by atoms with Crippen molar-refractivity contribution < 1.29 is 33.5 Å². The van der Waals surface area contributed by atoms with Crippen molar-refractivity contribution in [3.63, 3.8) is 0 Å². The van der Waals surface area contributed by atoms with Crippen LogP contribution in [0.2, 0.25) is 0 Å². The summed E-state index contributed by atoms with van der Waals surface area (Å²) >= 11 is 0. The molecule has 1 amide bonds. The van der Waals surface area contributed by atoms with Crippen LogP contribution in [0.4, 0.5) is 0 Å². The van der Waals surface area contributed by atoms with Gasteiger partial charge in [-0.1, -0.05) is 192 Å². The summed E-state index contributed by atoms with van der Waals surface area (Å²) in [7, 11) is -4.40. The normalized spacial score (nSPS) is 14.9. The van der Waals surface area contributed by atoms with Crippen molar-refractivity contribution in [2.24, 2.45) is 5.73 Å². The molecule has 314 valence electrons. The van der Waals surface area contributed by atoms with E-state index in [1.165, 1.54) is 141 Å². The fourth-order valence-corrected chi connectivity index (χ4v) is 7.25. The van der Waals surface area contributed by atoms with E-state index in [2.05, 4.69) is 31.3 Å². The van der Waals surface area contributed by atoms with Crippen molar-refractivity contribution in [1.82, 2.24) is 5.32 Å². The van der Waals surface area contributed by atoms with E-state index in [1.54, 1.807) is 6.08 Å². The fourth-order valence-electron chi connectivity index (χ4n) is 6.49. The molecule has 6 N–H and O–H groups in total. The van der Waals surface area contributed by atoms with E-state index in [0.717, 1.165) is 32.1 Å². The highest BCUT2D eigenvalue weighted by Crippen LogP contribution is 2.43. The number of carbonyl (C=O) groups is 1. The van der Waals surface area contributed by atoms with Gasteiger partial charge in [0.1, 0.15) is 0 Å². The smallest absolute Gasteiger partial charge is 0.393 e. The Morgan fingerprint density at radius 3 is 1.57 bits per heavy atom. The van der Waals surface area contributed by atoms with Gasteiger partial charge in [-0.15, -0.1) is 0 Å². The average Bonchev–Trinajstić information content (AvgIpc) is 3.13. The number of amides is 1. The molecule has 53 heavy (non-hydrogen) atoms. The van der Waals surface area contributed by atoms with Crippen molar-refractivity contribution in [2.45, 2.75) is 225 Å². The average molecular weight is 773 g/mol. The zero-order chi connectivity index (χ0) is 39.1. The van der Waals surface area contributed by atoms with Gasteiger partial charge in [0.15, 0.2) is 0 Å². The van der Waals surface area contributed by atoms with Gasteiger partial charge in [-0.2, -0.15) is 0 Å². The summed E-state index contributed by atoms with van der Waals surface area (Å²) in [6, 6.07) is -0.995. The number of aliphatic hydroxyl groups excluding tert-OH is 2. The molecule has 0 aliphatic carbocycles. The number of rotatable bonds is 41. The lowest BCUT2D eigenvalue weighted by Gasteiger charge is -2.24. The summed E-state index contributed by atoms with van der Waals surface area (Å²) in [5.74, 6) is -0.454. The SMILES string of the molecule is CCCCCCCCC/C=C/CC/C=C/C(O)C(COP(=O)(O)OCCN)NC(=O)CC(O)CCCCCCCCCCCCCCCCCCCC. The van der Waals surface area contributed by atoms with Crippen LogP contribution in [0.1, 0.15) is 206 Å². The Morgan fingerprint density at radius 1 is 0.642 bits per heavy atom. The van der Waals surface area contributed by atoms with Gasteiger partial charge < -0.3 is 26.2 Å². The zero-order valence-electron chi connectivity index (χ0n) is 34.4. The molecule has 9 nitrogen and oxygen atoms in total. The molecule has 0 spiro atoms. The molecule has 0 aromatic rings. The van der Waals surface area contributed by atoms with Gasteiger partial charge >= 0.3 is 7.82 Å². The summed E-state index contributed by atoms with van der Waals surface area (Å²) in [5, 5.41) is 24.0. The predicted octanol–water partition coefficient (Wildman–Crippen LogP) is 11.1. The molecule has 4 atom stereocenters. The van der Waals surface area contributed by atoms with Gasteiger partial charge in [-0.05, 0) is 32.1 Å². The second kappa shape index (κ2) is 39.2. The van der Waals surface area contributed by atoms with Crippen LogP contribution < -0.4 is 11.1 Å². The first kappa shape index (κ1) is 51.9. The molecule has 4 unspecified atom stereocenters. The van der Waals surface area contributed by atoms with E-state index < -0.39 is 38.6 Å². The molecule has 0 aromatic heterocycles. The summed E-state index contributed by atoms with van der Waals surface area (Å²) in [6.45, 7) is 3.95. The van der Waals surface area contributed by atoms with E-state index in [-0.39, 0.29) is 19.6 Å². The van der Waals surface area contributed by atoms with Gasteiger partial charge in [0.25, 0.3) is 0 Å². The van der Waals surface area contributed by atoms with Crippen molar-refractivity contribution in [3.8, 4) is 0 Å². The van der Waals surface area contributed by atoms with E-state index in [4.69, 9.17) is 14.8 Å². The number of unbranched alkanes of at least 4 members (excludes halogenated alkanes) is 25. The highest BCUT2D eigenvalue weighted by Gasteiger charge is 2.27. The third-order valence-corrected chi connectivity index (χ3v) is 10.8. The first-order valence-electron chi connectivity index (χ1n) is 22.0. The molecule has 0 rings (SSSR count). The molecule has 0 bridgehead atoms. The fraction of sp³-hybridized carbons (Fsp3) is 0.884. The van der Waals surface area contributed by atoms with Gasteiger partial charge in [0, 0.05) is 6.54 Å². The van der Waals surface area contributed by atoms with Crippen molar-refractivity contribution >= 4 is 13.7 Å². The van der Waals surface area contributed by atoms with Gasteiger partial charge in [-0.3, -0.25) is 13.8 Å². The lowest BCUT2D eigenvalue weighted by atomic mass is 10.0. The molecule has 0 fully saturated rings. The second-order valence-electron chi connectivity index (χ2n) is 15.1. The Hall–Kier alpha value is -1.06. The second-order valence-corrected chi connectivity index (χ2v) is 16.5. The monoisotopic (exact) mass is 773 g/mol. The summed E-state index contributed by atoms with van der Waals surface area (Å²) in [4.78, 5) is 22.7. The Labute approximate surface area is 326 Å². The molecule has 0 aromatic carbocycles. The predicted molar refractivity (Wildman–Crippen MR) is 223 cm³/mol. The molecule has 0 aliphatic rings. The van der Waals surface area contributed by atoms with Crippen LogP contribution in [0.3, 0.4) is 0 Å². The van der Waals surface area contributed by atoms with Gasteiger partial charge in [-0.25, -0.2) is 4.57 Å². The maximum atomic E-state index is 12.8.